The summed E-state index contributed by atoms with van der Waals surface area (Å²) in [5.41, 5.74) is 3.93. The molecule has 0 fully saturated rings. The van der Waals surface area contributed by atoms with Crippen LogP contribution in [0.4, 0.5) is 29.3 Å². The normalized spacial score (nSPS) is 11.9. The number of rotatable bonds is 10. The molecule has 4 N–H and O–H groups in total. The standard InChI is InChI=1S/C18H28F3N3O4/c1-17(2,3)28-16(25)24-7-9-27-11-10-26-8-6-23-13-4-5-15(22)14(12-13)18(19,20)21/h4-5,12,23H,6-11,22H2,1-3H3,(H,24,25). The molecule has 10 heteroatoms. The third kappa shape index (κ3) is 10.2. The molecule has 0 bridgehead atoms. The minimum absolute atomic E-state index is 0.297. The van der Waals surface area contributed by atoms with E-state index in [2.05, 4.69) is 10.6 Å². The van der Waals surface area contributed by atoms with Crippen LogP contribution in [0.15, 0.2) is 18.2 Å². The number of carbonyl (C=O) groups excluding carboxylic acids is 1. The predicted octanol–water partition coefficient (Wildman–Crippen LogP) is 3.26. The Morgan fingerprint density at radius 2 is 1.64 bits per heavy atom. The van der Waals surface area contributed by atoms with Gasteiger partial charge in [0, 0.05) is 24.5 Å². The van der Waals surface area contributed by atoms with Gasteiger partial charge in [0.2, 0.25) is 0 Å². The second kappa shape index (κ2) is 11.0. The van der Waals surface area contributed by atoms with Crippen molar-refractivity contribution in [2.45, 2.75) is 32.5 Å². The fourth-order valence-corrected chi connectivity index (χ4v) is 2.04. The molecule has 0 aliphatic carbocycles. The van der Waals surface area contributed by atoms with Crippen molar-refractivity contribution >= 4 is 17.5 Å². The quantitative estimate of drug-likeness (QED) is 0.407. The second-order valence-electron chi connectivity index (χ2n) is 6.88. The van der Waals surface area contributed by atoms with Gasteiger partial charge >= 0.3 is 12.3 Å². The Labute approximate surface area is 162 Å². The minimum atomic E-state index is -4.49. The molecule has 0 saturated carbocycles. The summed E-state index contributed by atoms with van der Waals surface area (Å²) in [6, 6.07) is 3.66. The first-order valence-corrected chi connectivity index (χ1v) is 8.82. The molecule has 0 spiro atoms. The van der Waals surface area contributed by atoms with E-state index >= 15 is 0 Å². The van der Waals surface area contributed by atoms with Crippen LogP contribution >= 0.6 is 0 Å². The maximum Gasteiger partial charge on any atom is 0.418 e. The number of benzene rings is 1. The highest BCUT2D eigenvalue weighted by Gasteiger charge is 2.33. The molecule has 0 aliphatic heterocycles. The maximum atomic E-state index is 12.8. The van der Waals surface area contributed by atoms with E-state index in [0.717, 1.165) is 6.07 Å². The molecule has 1 rings (SSSR count). The van der Waals surface area contributed by atoms with Gasteiger partial charge < -0.3 is 30.6 Å². The van der Waals surface area contributed by atoms with E-state index in [4.69, 9.17) is 19.9 Å². The molecule has 0 aromatic heterocycles. The van der Waals surface area contributed by atoms with Gasteiger partial charge in [0.25, 0.3) is 0 Å². The molecule has 0 unspecified atom stereocenters. The molecule has 0 radical (unpaired) electrons. The second-order valence-corrected chi connectivity index (χ2v) is 6.88. The summed E-state index contributed by atoms with van der Waals surface area (Å²) in [6.07, 6.45) is -5.00. The first-order chi connectivity index (χ1) is 13.0. The molecule has 160 valence electrons. The first kappa shape index (κ1) is 23.8. The number of anilines is 2. The zero-order valence-electron chi connectivity index (χ0n) is 16.3. The van der Waals surface area contributed by atoms with Crippen LogP contribution in [-0.4, -0.2) is 51.2 Å². The molecule has 0 aliphatic rings. The van der Waals surface area contributed by atoms with Crippen molar-refractivity contribution in [1.82, 2.24) is 5.32 Å². The molecule has 1 aromatic carbocycles. The number of nitrogens with two attached hydrogens (primary N) is 1. The van der Waals surface area contributed by atoms with Crippen molar-refractivity contribution in [3.8, 4) is 0 Å². The third-order valence-electron chi connectivity index (χ3n) is 3.22. The molecule has 0 atom stereocenters. The number of alkyl halides is 3. The fourth-order valence-electron chi connectivity index (χ4n) is 2.04. The van der Waals surface area contributed by atoms with Gasteiger partial charge in [-0.1, -0.05) is 0 Å². The van der Waals surface area contributed by atoms with Crippen LogP contribution in [0, 0.1) is 0 Å². The van der Waals surface area contributed by atoms with Crippen LogP contribution in [-0.2, 0) is 20.4 Å². The molecule has 1 amide bonds. The van der Waals surface area contributed by atoms with Crippen molar-refractivity contribution in [3.05, 3.63) is 23.8 Å². The van der Waals surface area contributed by atoms with E-state index in [1.165, 1.54) is 12.1 Å². The van der Waals surface area contributed by atoms with Crippen LogP contribution in [0.5, 0.6) is 0 Å². The molecular formula is C18H28F3N3O4. The van der Waals surface area contributed by atoms with Gasteiger partial charge in [-0.2, -0.15) is 13.2 Å². The predicted molar refractivity (Wildman–Crippen MR) is 100 cm³/mol. The molecule has 28 heavy (non-hydrogen) atoms. The minimum Gasteiger partial charge on any atom is -0.444 e. The summed E-state index contributed by atoms with van der Waals surface area (Å²) in [4.78, 5) is 11.4. The zero-order chi connectivity index (χ0) is 21.2. The Kier molecular flexibility index (Phi) is 9.33. The molecule has 1 aromatic rings. The van der Waals surface area contributed by atoms with Gasteiger partial charge in [0.1, 0.15) is 5.60 Å². The number of hydrogen-bond donors (Lipinski definition) is 3. The summed E-state index contributed by atoms with van der Waals surface area (Å²) in [7, 11) is 0. The fraction of sp³-hybridized carbons (Fsp3) is 0.611. The molecular weight excluding hydrogens is 379 g/mol. The van der Waals surface area contributed by atoms with Crippen LogP contribution < -0.4 is 16.4 Å². The van der Waals surface area contributed by atoms with Crippen molar-refractivity contribution in [2.24, 2.45) is 0 Å². The number of amides is 1. The monoisotopic (exact) mass is 407 g/mol. The van der Waals surface area contributed by atoms with E-state index in [-0.39, 0.29) is 5.69 Å². The summed E-state index contributed by atoms with van der Waals surface area (Å²) < 4.78 is 54.0. The largest absolute Gasteiger partial charge is 0.444 e. The van der Waals surface area contributed by atoms with Crippen LogP contribution in [0.25, 0.3) is 0 Å². The van der Waals surface area contributed by atoms with E-state index in [9.17, 15) is 18.0 Å². The summed E-state index contributed by atoms with van der Waals surface area (Å²) in [6.45, 7) is 7.24. The van der Waals surface area contributed by atoms with Crippen molar-refractivity contribution in [3.63, 3.8) is 0 Å². The average Bonchev–Trinajstić information content (AvgIpc) is 2.55. The molecule has 0 heterocycles. The lowest BCUT2D eigenvalue weighted by Crippen LogP contribution is -2.34. The SMILES string of the molecule is CC(C)(C)OC(=O)NCCOCCOCCNc1ccc(N)c(C(F)(F)F)c1. The Bertz CT molecular complexity index is 619. The van der Waals surface area contributed by atoms with Crippen molar-refractivity contribution < 1.29 is 32.2 Å². The molecule has 0 saturated heterocycles. The highest BCUT2D eigenvalue weighted by Crippen LogP contribution is 2.35. The van der Waals surface area contributed by atoms with Crippen LogP contribution in [0.1, 0.15) is 26.3 Å². The van der Waals surface area contributed by atoms with Gasteiger partial charge in [-0.05, 0) is 39.0 Å². The number of alkyl carbamates (subject to hydrolysis) is 1. The topological polar surface area (TPSA) is 94.8 Å². The van der Waals surface area contributed by atoms with E-state index < -0.39 is 23.4 Å². The van der Waals surface area contributed by atoms with Gasteiger partial charge in [-0.15, -0.1) is 0 Å². The highest BCUT2D eigenvalue weighted by molar-refractivity contribution is 5.67. The Balaban J connectivity index is 2.08. The Morgan fingerprint density at radius 3 is 2.21 bits per heavy atom. The van der Waals surface area contributed by atoms with E-state index in [1.807, 2.05) is 0 Å². The molecule has 7 nitrogen and oxygen atoms in total. The smallest absolute Gasteiger partial charge is 0.418 e. The number of carbonyl (C=O) groups is 1. The Hall–Kier alpha value is -2.20. The van der Waals surface area contributed by atoms with E-state index in [0.29, 0.717) is 45.2 Å². The summed E-state index contributed by atoms with van der Waals surface area (Å²) in [5.74, 6) is 0. The Morgan fingerprint density at radius 1 is 1.04 bits per heavy atom. The first-order valence-electron chi connectivity index (χ1n) is 8.82. The number of ether oxygens (including phenoxy) is 3. The van der Waals surface area contributed by atoms with Crippen molar-refractivity contribution in [1.29, 1.82) is 0 Å². The maximum absolute atomic E-state index is 12.8. The number of nitrogen functional groups attached to an aromatic ring is 1. The van der Waals surface area contributed by atoms with Gasteiger partial charge in [0.15, 0.2) is 0 Å². The number of halogens is 3. The number of nitrogens with one attached hydrogen (secondary N) is 2. The zero-order valence-corrected chi connectivity index (χ0v) is 16.3. The van der Waals surface area contributed by atoms with Gasteiger partial charge in [-0.25, -0.2) is 4.79 Å². The van der Waals surface area contributed by atoms with Crippen LogP contribution in [0.2, 0.25) is 0 Å². The van der Waals surface area contributed by atoms with E-state index in [1.54, 1.807) is 20.8 Å². The van der Waals surface area contributed by atoms with Crippen molar-refractivity contribution in [2.75, 3.05) is 50.6 Å². The summed E-state index contributed by atoms with van der Waals surface area (Å²) >= 11 is 0. The lowest BCUT2D eigenvalue weighted by molar-refractivity contribution is -0.136. The highest BCUT2D eigenvalue weighted by atomic mass is 19.4. The van der Waals surface area contributed by atoms with Gasteiger partial charge in [0.05, 0.1) is 32.0 Å². The lowest BCUT2D eigenvalue weighted by atomic mass is 10.1. The lowest BCUT2D eigenvalue weighted by Gasteiger charge is -2.19. The van der Waals surface area contributed by atoms with Crippen LogP contribution in [0.3, 0.4) is 0 Å². The average molecular weight is 407 g/mol. The third-order valence-corrected chi connectivity index (χ3v) is 3.22. The van der Waals surface area contributed by atoms with Gasteiger partial charge in [-0.3, -0.25) is 0 Å². The summed E-state index contributed by atoms with van der Waals surface area (Å²) in [5, 5.41) is 5.41. The number of hydrogen-bond acceptors (Lipinski definition) is 6.